The Morgan fingerprint density at radius 3 is 2.64 bits per heavy atom. The zero-order valence-electron chi connectivity index (χ0n) is 23.5. The Balaban J connectivity index is 1.26. The third-order valence-corrected chi connectivity index (χ3v) is 10.6. The van der Waals surface area contributed by atoms with Gasteiger partial charge in [0, 0.05) is 24.9 Å². The zero-order chi connectivity index (χ0) is 27.5. The summed E-state index contributed by atoms with van der Waals surface area (Å²) in [4.78, 5) is 16.1. The third kappa shape index (κ3) is 7.20. The van der Waals surface area contributed by atoms with E-state index in [1.807, 2.05) is 0 Å². The Kier molecular flexibility index (Phi) is 10.3. The molecule has 0 aromatic heterocycles. The van der Waals surface area contributed by atoms with Gasteiger partial charge in [0.1, 0.15) is 35.9 Å². The first-order valence-corrected chi connectivity index (χ1v) is 16.1. The van der Waals surface area contributed by atoms with E-state index in [2.05, 4.69) is 41.5 Å². The lowest BCUT2D eigenvalue weighted by atomic mass is 9.85. The monoisotopic (exact) mass is 567 g/mol. The number of ether oxygens (including phenoxy) is 2. The van der Waals surface area contributed by atoms with Crippen molar-refractivity contribution in [3.8, 4) is 0 Å². The van der Waals surface area contributed by atoms with Gasteiger partial charge in [-0.25, -0.2) is 0 Å². The van der Waals surface area contributed by atoms with Crippen molar-refractivity contribution in [3.05, 3.63) is 12.2 Å². The summed E-state index contributed by atoms with van der Waals surface area (Å²) < 4.78 is 12.5. The minimum atomic E-state index is -1.34. The molecule has 6 unspecified atom stereocenters. The fourth-order valence-electron chi connectivity index (χ4n) is 7.25. The number of nitrogens with one attached hydrogen (secondary N) is 2. The number of likely N-dealkylation sites (tertiary alicyclic amines) is 1. The summed E-state index contributed by atoms with van der Waals surface area (Å²) in [5.74, 6) is 1.41. The molecule has 5 rings (SSSR count). The number of amides is 1. The highest BCUT2D eigenvalue weighted by atomic mass is 32.2. The molecule has 5 aliphatic rings. The molecule has 2 bridgehead atoms. The molecule has 10 heteroatoms. The maximum Gasteiger partial charge on any atom is 0.240 e. The standard InChI is InChI=1S/C29H49N3O6S/c1-17(2)13-18-9-12-37-26-19(14-18)15-30-22(26)28(36)31-21-8-4-3-7-20(16-32-10-5-6-11-32)39-29-25(35)23(33)24(34)27(21)38-29/h3-4,17-27,29-30,33-35H,5-16H2,1-2H3,(H,31,36)/b4-3-/t18-,19-,20-,21+,22?,23?,24?,25?,26+,27?,29?/m0/s1. The summed E-state index contributed by atoms with van der Waals surface area (Å²) >= 11 is 1.53. The van der Waals surface area contributed by atoms with Crippen molar-refractivity contribution in [2.45, 2.75) is 112 Å². The number of aliphatic hydroxyl groups is 3. The first-order chi connectivity index (χ1) is 18.8. The molecule has 0 aliphatic carbocycles. The van der Waals surface area contributed by atoms with Gasteiger partial charge in [-0.05, 0) is 75.8 Å². The van der Waals surface area contributed by atoms with Crippen LogP contribution in [-0.2, 0) is 14.3 Å². The zero-order valence-corrected chi connectivity index (χ0v) is 24.3. The second kappa shape index (κ2) is 13.5. The van der Waals surface area contributed by atoms with Gasteiger partial charge in [-0.3, -0.25) is 4.79 Å². The average Bonchev–Trinajstić information content (AvgIpc) is 3.51. The van der Waals surface area contributed by atoms with Crippen LogP contribution in [0.3, 0.4) is 0 Å². The van der Waals surface area contributed by atoms with E-state index < -0.39 is 41.9 Å². The molecule has 0 aromatic rings. The van der Waals surface area contributed by atoms with E-state index in [1.165, 1.54) is 31.0 Å². The number of thioether (sulfide) groups is 1. The Bertz CT molecular complexity index is 842. The number of fused-ring (bicyclic) bond motifs is 3. The topological polar surface area (TPSA) is 124 Å². The maximum atomic E-state index is 13.6. The predicted molar refractivity (Wildman–Crippen MR) is 151 cm³/mol. The molecule has 39 heavy (non-hydrogen) atoms. The summed E-state index contributed by atoms with van der Waals surface area (Å²) in [5, 5.41) is 39.3. The second-order valence-corrected chi connectivity index (χ2v) is 14.2. The van der Waals surface area contributed by atoms with Gasteiger partial charge in [-0.2, -0.15) is 0 Å². The Labute approximate surface area is 237 Å². The smallest absolute Gasteiger partial charge is 0.240 e. The van der Waals surface area contributed by atoms with Crippen LogP contribution in [0.2, 0.25) is 0 Å². The number of hydrogen-bond acceptors (Lipinski definition) is 9. The Morgan fingerprint density at radius 2 is 1.87 bits per heavy atom. The van der Waals surface area contributed by atoms with Crippen molar-refractivity contribution in [2.75, 3.05) is 32.8 Å². The SMILES string of the molecule is CC(C)C[C@@H]1CCO[C@H]2C(C(=O)N[C@@H]3C/C=C\C[C@@H](CN4CCCC4)SC4OC3C(O)C(O)C4O)NC[C@@H]2C1. The van der Waals surface area contributed by atoms with E-state index >= 15 is 0 Å². The van der Waals surface area contributed by atoms with Crippen molar-refractivity contribution in [3.63, 3.8) is 0 Å². The molecule has 0 aromatic carbocycles. The molecule has 0 radical (unpaired) electrons. The number of hydrogen-bond donors (Lipinski definition) is 5. The van der Waals surface area contributed by atoms with Gasteiger partial charge < -0.3 is 40.3 Å². The molecule has 4 saturated heterocycles. The van der Waals surface area contributed by atoms with Crippen molar-refractivity contribution >= 4 is 17.7 Å². The van der Waals surface area contributed by atoms with Crippen LogP contribution in [0.4, 0.5) is 0 Å². The highest BCUT2D eigenvalue weighted by Gasteiger charge is 2.49. The highest BCUT2D eigenvalue weighted by molar-refractivity contribution is 8.00. The fraction of sp³-hybridized carbons (Fsp3) is 0.897. The molecule has 222 valence electrons. The number of carbonyl (C=O) groups is 1. The van der Waals surface area contributed by atoms with E-state index in [0.29, 0.717) is 30.8 Å². The molecular formula is C29H49N3O6S. The van der Waals surface area contributed by atoms with Crippen LogP contribution in [0.25, 0.3) is 0 Å². The second-order valence-electron chi connectivity index (χ2n) is 12.8. The van der Waals surface area contributed by atoms with E-state index in [1.54, 1.807) is 0 Å². The van der Waals surface area contributed by atoms with Crippen LogP contribution in [0.5, 0.6) is 0 Å². The number of rotatable bonds is 6. The summed E-state index contributed by atoms with van der Waals surface area (Å²) in [6.45, 7) is 9.02. The number of carbonyl (C=O) groups excluding carboxylic acids is 1. The van der Waals surface area contributed by atoms with Gasteiger partial charge in [0.2, 0.25) is 5.91 Å². The summed E-state index contributed by atoms with van der Waals surface area (Å²) in [6, 6.07) is -0.997. The van der Waals surface area contributed by atoms with Gasteiger partial charge in [0.15, 0.2) is 0 Å². The maximum absolute atomic E-state index is 13.6. The van der Waals surface area contributed by atoms with E-state index in [4.69, 9.17) is 9.47 Å². The van der Waals surface area contributed by atoms with Crippen LogP contribution in [0, 0.1) is 17.8 Å². The molecule has 4 fully saturated rings. The Morgan fingerprint density at radius 1 is 1.10 bits per heavy atom. The van der Waals surface area contributed by atoms with Crippen molar-refractivity contribution in [2.24, 2.45) is 17.8 Å². The van der Waals surface area contributed by atoms with Crippen LogP contribution in [-0.4, -0.2) is 112 Å². The van der Waals surface area contributed by atoms with E-state index in [0.717, 1.165) is 45.4 Å². The highest BCUT2D eigenvalue weighted by Crippen LogP contribution is 2.36. The van der Waals surface area contributed by atoms with E-state index in [9.17, 15) is 20.1 Å². The van der Waals surface area contributed by atoms with Crippen LogP contribution in [0.15, 0.2) is 12.2 Å². The molecular weight excluding hydrogens is 518 g/mol. The Hall–Kier alpha value is -0.720. The lowest BCUT2D eigenvalue weighted by molar-refractivity contribution is -0.205. The molecule has 0 spiro atoms. The van der Waals surface area contributed by atoms with Crippen molar-refractivity contribution in [1.82, 2.24) is 15.5 Å². The van der Waals surface area contributed by atoms with Crippen molar-refractivity contribution < 1.29 is 29.6 Å². The van der Waals surface area contributed by atoms with Gasteiger partial charge in [-0.15, -0.1) is 11.8 Å². The van der Waals surface area contributed by atoms with Crippen LogP contribution in [0.1, 0.15) is 58.8 Å². The lowest BCUT2D eigenvalue weighted by Gasteiger charge is -2.44. The molecule has 5 N–H and O–H groups in total. The minimum absolute atomic E-state index is 0.159. The summed E-state index contributed by atoms with van der Waals surface area (Å²) in [7, 11) is 0. The van der Waals surface area contributed by atoms with Crippen LogP contribution >= 0.6 is 11.8 Å². The molecule has 9 nitrogen and oxygen atoms in total. The molecule has 1 amide bonds. The van der Waals surface area contributed by atoms with Gasteiger partial charge in [-0.1, -0.05) is 26.0 Å². The fourth-order valence-corrected chi connectivity index (χ4v) is 8.66. The van der Waals surface area contributed by atoms with Crippen molar-refractivity contribution in [1.29, 1.82) is 0 Å². The number of aliphatic hydroxyl groups excluding tert-OH is 3. The first kappa shape index (κ1) is 29.8. The average molecular weight is 568 g/mol. The predicted octanol–water partition coefficient (Wildman–Crippen LogP) is 1.26. The minimum Gasteiger partial charge on any atom is -0.388 e. The molecule has 11 atom stereocenters. The normalized spacial score (nSPS) is 44.5. The summed E-state index contributed by atoms with van der Waals surface area (Å²) in [6.07, 6.45) is 6.37. The molecule has 5 heterocycles. The number of allylic oxidation sites excluding steroid dienone is 1. The van der Waals surface area contributed by atoms with Gasteiger partial charge >= 0.3 is 0 Å². The van der Waals surface area contributed by atoms with E-state index in [-0.39, 0.29) is 17.3 Å². The summed E-state index contributed by atoms with van der Waals surface area (Å²) in [5.41, 5.74) is -0.677. The third-order valence-electron chi connectivity index (χ3n) is 9.23. The van der Waals surface area contributed by atoms with Crippen LogP contribution < -0.4 is 10.6 Å². The molecule has 0 saturated carbocycles. The van der Waals surface area contributed by atoms with Gasteiger partial charge in [0.25, 0.3) is 0 Å². The lowest BCUT2D eigenvalue weighted by Crippen LogP contribution is -2.64. The van der Waals surface area contributed by atoms with Gasteiger partial charge in [0.05, 0.1) is 12.1 Å². The quantitative estimate of drug-likeness (QED) is 0.302. The largest absolute Gasteiger partial charge is 0.388 e. The first-order valence-electron chi connectivity index (χ1n) is 15.2. The number of nitrogens with zero attached hydrogens (tertiary/aromatic N) is 1. The molecule has 5 aliphatic heterocycles.